The standard InChI is InChI=1S/C16H21N3O/c1-10-14(17)8-9-15-18-16(11(2)19(10)15)12-4-6-13(20-3)7-5-12/h4-7,10,14H,8-9,17H2,1-3H3. The van der Waals surface area contributed by atoms with Crippen molar-refractivity contribution in [1.29, 1.82) is 0 Å². The fourth-order valence-corrected chi connectivity index (χ4v) is 3.04. The maximum atomic E-state index is 6.18. The molecule has 4 heteroatoms. The summed E-state index contributed by atoms with van der Waals surface area (Å²) in [6, 6.07) is 8.61. The highest BCUT2D eigenvalue weighted by molar-refractivity contribution is 5.63. The first-order valence-electron chi connectivity index (χ1n) is 7.09. The summed E-state index contributed by atoms with van der Waals surface area (Å²) in [6.07, 6.45) is 1.97. The number of nitrogens with zero attached hydrogens (tertiary/aromatic N) is 2. The van der Waals surface area contributed by atoms with E-state index < -0.39 is 0 Å². The van der Waals surface area contributed by atoms with Crippen LogP contribution < -0.4 is 10.5 Å². The molecule has 106 valence electrons. The predicted octanol–water partition coefficient (Wildman–Crippen LogP) is 2.70. The van der Waals surface area contributed by atoms with Crippen molar-refractivity contribution in [2.24, 2.45) is 5.73 Å². The number of nitrogens with two attached hydrogens (primary N) is 1. The number of fused-ring (bicyclic) bond motifs is 1. The highest BCUT2D eigenvalue weighted by atomic mass is 16.5. The van der Waals surface area contributed by atoms with Crippen LogP contribution in [0.3, 0.4) is 0 Å². The number of hydrogen-bond acceptors (Lipinski definition) is 3. The molecule has 0 aliphatic carbocycles. The van der Waals surface area contributed by atoms with Crippen molar-refractivity contribution in [3.05, 3.63) is 35.8 Å². The van der Waals surface area contributed by atoms with Gasteiger partial charge in [0, 0.05) is 29.8 Å². The van der Waals surface area contributed by atoms with E-state index in [2.05, 4.69) is 30.5 Å². The van der Waals surface area contributed by atoms with Gasteiger partial charge in [-0.25, -0.2) is 4.98 Å². The van der Waals surface area contributed by atoms with Crippen molar-refractivity contribution in [2.75, 3.05) is 7.11 Å². The summed E-state index contributed by atoms with van der Waals surface area (Å²) in [4.78, 5) is 4.83. The van der Waals surface area contributed by atoms with Crippen LogP contribution in [0.5, 0.6) is 5.75 Å². The third-order valence-corrected chi connectivity index (χ3v) is 4.31. The van der Waals surface area contributed by atoms with Gasteiger partial charge in [-0.1, -0.05) is 0 Å². The van der Waals surface area contributed by atoms with Gasteiger partial charge in [-0.15, -0.1) is 0 Å². The van der Waals surface area contributed by atoms with E-state index >= 15 is 0 Å². The fraction of sp³-hybridized carbons (Fsp3) is 0.438. The van der Waals surface area contributed by atoms with Gasteiger partial charge in [0.25, 0.3) is 0 Å². The molecule has 2 N–H and O–H groups in total. The third-order valence-electron chi connectivity index (χ3n) is 4.31. The second-order valence-corrected chi connectivity index (χ2v) is 5.50. The number of aromatic nitrogens is 2. The first-order chi connectivity index (χ1) is 9.61. The average Bonchev–Trinajstić information content (AvgIpc) is 2.81. The van der Waals surface area contributed by atoms with Crippen LogP contribution in [0.15, 0.2) is 24.3 Å². The number of benzene rings is 1. The monoisotopic (exact) mass is 271 g/mol. The lowest BCUT2D eigenvalue weighted by Crippen LogP contribution is -2.36. The highest BCUT2D eigenvalue weighted by Gasteiger charge is 2.27. The molecule has 2 unspecified atom stereocenters. The molecule has 2 atom stereocenters. The molecular weight excluding hydrogens is 250 g/mol. The largest absolute Gasteiger partial charge is 0.497 e. The van der Waals surface area contributed by atoms with Crippen molar-refractivity contribution in [2.45, 2.75) is 38.8 Å². The van der Waals surface area contributed by atoms with Gasteiger partial charge >= 0.3 is 0 Å². The summed E-state index contributed by atoms with van der Waals surface area (Å²) in [6.45, 7) is 4.31. The minimum Gasteiger partial charge on any atom is -0.497 e. The van der Waals surface area contributed by atoms with Crippen LogP contribution in [-0.2, 0) is 6.42 Å². The number of ether oxygens (including phenoxy) is 1. The topological polar surface area (TPSA) is 53.1 Å². The van der Waals surface area contributed by atoms with Crippen LogP contribution in [0.2, 0.25) is 0 Å². The van der Waals surface area contributed by atoms with Crippen molar-refractivity contribution in [3.8, 4) is 17.0 Å². The second-order valence-electron chi connectivity index (χ2n) is 5.50. The van der Waals surface area contributed by atoms with Gasteiger partial charge < -0.3 is 15.0 Å². The maximum absolute atomic E-state index is 6.18. The molecule has 0 saturated carbocycles. The van der Waals surface area contributed by atoms with Crippen molar-refractivity contribution in [3.63, 3.8) is 0 Å². The van der Waals surface area contributed by atoms with E-state index in [0.717, 1.165) is 35.7 Å². The Morgan fingerprint density at radius 3 is 2.65 bits per heavy atom. The van der Waals surface area contributed by atoms with Crippen LogP contribution in [0.4, 0.5) is 0 Å². The Bertz CT molecular complexity index is 615. The zero-order valence-electron chi connectivity index (χ0n) is 12.3. The lowest BCUT2D eigenvalue weighted by atomic mass is 10.0. The Hall–Kier alpha value is -1.81. The van der Waals surface area contributed by atoms with Crippen LogP contribution in [-0.4, -0.2) is 22.7 Å². The third kappa shape index (κ3) is 2.00. The number of aryl methyl sites for hydroxylation is 1. The molecule has 3 rings (SSSR count). The van der Waals surface area contributed by atoms with E-state index in [4.69, 9.17) is 15.5 Å². The lowest BCUT2D eigenvalue weighted by molar-refractivity contribution is 0.363. The maximum Gasteiger partial charge on any atom is 0.118 e. The number of imidazole rings is 1. The minimum absolute atomic E-state index is 0.221. The minimum atomic E-state index is 0.221. The zero-order valence-corrected chi connectivity index (χ0v) is 12.3. The smallest absolute Gasteiger partial charge is 0.118 e. The summed E-state index contributed by atoms with van der Waals surface area (Å²) in [5, 5.41) is 0. The van der Waals surface area contributed by atoms with Gasteiger partial charge in [0.15, 0.2) is 0 Å². The van der Waals surface area contributed by atoms with Gasteiger partial charge in [0.05, 0.1) is 12.8 Å². The molecule has 0 radical (unpaired) electrons. The molecule has 0 amide bonds. The summed E-state index contributed by atoms with van der Waals surface area (Å²) in [5.41, 5.74) is 9.57. The first-order valence-corrected chi connectivity index (χ1v) is 7.09. The Balaban J connectivity index is 2.05. The summed E-state index contributed by atoms with van der Waals surface area (Å²) < 4.78 is 7.50. The van der Waals surface area contributed by atoms with E-state index in [-0.39, 0.29) is 6.04 Å². The molecule has 0 spiro atoms. The molecule has 0 saturated heterocycles. The van der Waals surface area contributed by atoms with Crippen molar-refractivity contribution >= 4 is 0 Å². The predicted molar refractivity (Wildman–Crippen MR) is 80.0 cm³/mol. The Kier molecular flexibility index (Phi) is 3.26. The molecule has 1 aliphatic rings. The summed E-state index contributed by atoms with van der Waals surface area (Å²) in [5.74, 6) is 2.02. The molecule has 0 fully saturated rings. The number of hydrogen-bond donors (Lipinski definition) is 1. The molecule has 0 bridgehead atoms. The van der Waals surface area contributed by atoms with Gasteiger partial charge in [-0.3, -0.25) is 0 Å². The molecule has 2 aromatic rings. The molecule has 1 aromatic heterocycles. The molecule has 20 heavy (non-hydrogen) atoms. The molecule has 1 aromatic carbocycles. The second kappa shape index (κ2) is 4.94. The van der Waals surface area contributed by atoms with Crippen LogP contribution in [0.1, 0.15) is 30.9 Å². The summed E-state index contributed by atoms with van der Waals surface area (Å²) >= 11 is 0. The lowest BCUT2D eigenvalue weighted by Gasteiger charge is -2.29. The average molecular weight is 271 g/mol. The molecule has 1 aliphatic heterocycles. The number of methoxy groups -OCH3 is 1. The van der Waals surface area contributed by atoms with Crippen LogP contribution >= 0.6 is 0 Å². The van der Waals surface area contributed by atoms with Gasteiger partial charge in [0.2, 0.25) is 0 Å². The van der Waals surface area contributed by atoms with E-state index in [1.807, 2.05) is 12.1 Å². The van der Waals surface area contributed by atoms with E-state index in [9.17, 15) is 0 Å². The normalized spacial score (nSPS) is 21.6. The first kappa shape index (κ1) is 13.2. The Labute approximate surface area is 119 Å². The van der Waals surface area contributed by atoms with Crippen molar-refractivity contribution in [1.82, 2.24) is 9.55 Å². The highest BCUT2D eigenvalue weighted by Crippen LogP contribution is 2.32. The van der Waals surface area contributed by atoms with Gasteiger partial charge in [0.1, 0.15) is 11.6 Å². The van der Waals surface area contributed by atoms with Crippen LogP contribution in [0, 0.1) is 6.92 Å². The molecular formula is C16H21N3O. The van der Waals surface area contributed by atoms with E-state index in [1.54, 1.807) is 7.11 Å². The SMILES string of the molecule is COc1ccc(-c2nc3n(c2C)C(C)C(N)CC3)cc1. The Morgan fingerprint density at radius 2 is 2.00 bits per heavy atom. The molecule has 4 nitrogen and oxygen atoms in total. The van der Waals surface area contributed by atoms with E-state index in [1.165, 1.54) is 5.69 Å². The van der Waals surface area contributed by atoms with Crippen molar-refractivity contribution < 1.29 is 4.74 Å². The van der Waals surface area contributed by atoms with Crippen LogP contribution in [0.25, 0.3) is 11.3 Å². The van der Waals surface area contributed by atoms with Gasteiger partial charge in [-0.2, -0.15) is 0 Å². The van der Waals surface area contributed by atoms with E-state index in [0.29, 0.717) is 6.04 Å². The molecule has 2 heterocycles. The summed E-state index contributed by atoms with van der Waals surface area (Å²) in [7, 11) is 1.68. The quantitative estimate of drug-likeness (QED) is 0.913. The number of rotatable bonds is 2. The zero-order chi connectivity index (χ0) is 14.3. The Morgan fingerprint density at radius 1 is 1.30 bits per heavy atom. The fourth-order valence-electron chi connectivity index (χ4n) is 3.04. The van der Waals surface area contributed by atoms with Gasteiger partial charge in [-0.05, 0) is 44.5 Å².